The Hall–Kier alpha value is -1.80. The summed E-state index contributed by atoms with van der Waals surface area (Å²) >= 11 is 1.69. The second-order valence-electron chi connectivity index (χ2n) is 10.9. The highest BCUT2D eigenvalue weighted by atomic mass is 32.2. The fourth-order valence-corrected chi connectivity index (χ4v) is 8.80. The van der Waals surface area contributed by atoms with E-state index in [2.05, 4.69) is 13.2 Å². The maximum absolute atomic E-state index is 14.3. The molecule has 0 aromatic carbocycles. The largest absolute Gasteiger partial charge is 0.394 e. The van der Waals surface area contributed by atoms with E-state index in [4.69, 9.17) is 0 Å². The predicted molar refractivity (Wildman–Crippen MR) is 145 cm³/mol. The summed E-state index contributed by atoms with van der Waals surface area (Å²) in [6, 6.07) is -1.23. The van der Waals surface area contributed by atoms with Crippen LogP contribution in [0.2, 0.25) is 0 Å². The average Bonchev–Trinajstić information content (AvgIpc) is 3.49. The Morgan fingerprint density at radius 2 is 1.86 bits per heavy atom. The lowest BCUT2D eigenvalue weighted by Gasteiger charge is -2.42. The van der Waals surface area contributed by atoms with Crippen molar-refractivity contribution in [1.29, 1.82) is 0 Å². The fourth-order valence-electron chi connectivity index (χ4n) is 6.60. The highest BCUT2D eigenvalue weighted by Crippen LogP contribution is 2.67. The van der Waals surface area contributed by atoms with E-state index in [1.807, 2.05) is 39.5 Å². The van der Waals surface area contributed by atoms with Crippen molar-refractivity contribution in [3.63, 3.8) is 0 Å². The summed E-state index contributed by atoms with van der Waals surface area (Å²) in [6.07, 6.45) is 6.59. The minimum absolute atomic E-state index is 0.00174. The molecule has 8 heteroatoms. The van der Waals surface area contributed by atoms with Crippen LogP contribution in [-0.4, -0.2) is 91.9 Å². The van der Waals surface area contributed by atoms with Crippen molar-refractivity contribution in [2.75, 3.05) is 26.2 Å². The molecule has 1 spiro atoms. The fraction of sp³-hybridized carbons (Fsp3) is 0.750. The minimum Gasteiger partial charge on any atom is -0.394 e. The third-order valence-electron chi connectivity index (χ3n) is 8.49. The number of aliphatic hydroxyl groups excluding tert-OH is 1. The van der Waals surface area contributed by atoms with Crippen LogP contribution in [0.15, 0.2) is 25.3 Å². The molecule has 0 aromatic rings. The zero-order valence-electron chi connectivity index (χ0n) is 22.7. The Kier molecular flexibility index (Phi) is 9.36. The van der Waals surface area contributed by atoms with Gasteiger partial charge in [0.25, 0.3) is 0 Å². The molecule has 1 N–H and O–H groups in total. The Morgan fingerprint density at radius 1 is 1.19 bits per heavy atom. The van der Waals surface area contributed by atoms with Crippen LogP contribution in [0.25, 0.3) is 0 Å². The second kappa shape index (κ2) is 11.7. The van der Waals surface area contributed by atoms with Gasteiger partial charge in [0.1, 0.15) is 6.04 Å². The Labute approximate surface area is 221 Å². The van der Waals surface area contributed by atoms with Crippen molar-refractivity contribution in [2.24, 2.45) is 17.8 Å². The van der Waals surface area contributed by atoms with Crippen molar-refractivity contribution < 1.29 is 19.5 Å². The number of amides is 3. The van der Waals surface area contributed by atoms with Crippen molar-refractivity contribution in [3.05, 3.63) is 25.3 Å². The summed E-state index contributed by atoms with van der Waals surface area (Å²) in [5, 5.41) is 10.5. The number of thioether (sulfide) groups is 1. The first-order valence-electron chi connectivity index (χ1n) is 13.6. The monoisotopic (exact) mass is 519 g/mol. The van der Waals surface area contributed by atoms with Crippen LogP contribution < -0.4 is 0 Å². The zero-order valence-corrected chi connectivity index (χ0v) is 23.5. The molecule has 3 amide bonds. The van der Waals surface area contributed by atoms with E-state index >= 15 is 0 Å². The maximum Gasteiger partial charge on any atom is 0.247 e. The van der Waals surface area contributed by atoms with Gasteiger partial charge in [-0.3, -0.25) is 14.4 Å². The number of nitrogens with zero attached hydrogens (tertiary/aromatic N) is 3. The number of hydrogen-bond acceptors (Lipinski definition) is 5. The first kappa shape index (κ1) is 28.8. The van der Waals surface area contributed by atoms with Gasteiger partial charge in [-0.05, 0) is 39.0 Å². The molecule has 3 heterocycles. The summed E-state index contributed by atoms with van der Waals surface area (Å²) < 4.78 is -0.652. The van der Waals surface area contributed by atoms with Gasteiger partial charge in [0.05, 0.1) is 29.2 Å². The maximum atomic E-state index is 14.3. The summed E-state index contributed by atoms with van der Waals surface area (Å²) in [6.45, 7) is 19.0. The Bertz CT molecular complexity index is 864. The highest BCUT2D eigenvalue weighted by molar-refractivity contribution is 8.02. The van der Waals surface area contributed by atoms with E-state index in [9.17, 15) is 19.5 Å². The first-order chi connectivity index (χ1) is 17.1. The van der Waals surface area contributed by atoms with Crippen LogP contribution in [0.1, 0.15) is 60.3 Å². The molecule has 0 saturated carbocycles. The molecular formula is C28H45N3O4S. The second-order valence-corrected chi connectivity index (χ2v) is 12.5. The molecule has 3 aliphatic rings. The predicted octanol–water partition coefficient (Wildman–Crippen LogP) is 3.33. The van der Waals surface area contributed by atoms with Gasteiger partial charge < -0.3 is 19.8 Å². The molecule has 7 atom stereocenters. The number of hydrogen-bond donors (Lipinski definition) is 1. The van der Waals surface area contributed by atoms with Crippen molar-refractivity contribution >= 4 is 29.5 Å². The van der Waals surface area contributed by atoms with Gasteiger partial charge in [-0.2, -0.15) is 0 Å². The molecule has 3 aliphatic heterocycles. The SMILES string of the molecule is C=CCN(CCC)C(=O)[C@@H]1[C@@H]2CCC3(S2)C(C(=O)N(CC=C)C(C)C)N([C@@H](CO)[C@@H](C)CC)C(=O)[C@H]13. The van der Waals surface area contributed by atoms with Gasteiger partial charge in [-0.15, -0.1) is 24.9 Å². The van der Waals surface area contributed by atoms with E-state index < -0.39 is 28.7 Å². The van der Waals surface area contributed by atoms with Crippen LogP contribution in [0, 0.1) is 17.8 Å². The first-order valence-corrected chi connectivity index (χ1v) is 14.4. The lowest BCUT2D eigenvalue weighted by molar-refractivity contribution is -0.148. The molecule has 202 valence electrons. The lowest BCUT2D eigenvalue weighted by Crippen LogP contribution is -2.59. The summed E-state index contributed by atoms with van der Waals surface area (Å²) in [5.41, 5.74) is 0. The van der Waals surface area contributed by atoms with E-state index in [1.165, 1.54) is 0 Å². The number of likely N-dealkylation sites (tertiary alicyclic amines) is 1. The van der Waals surface area contributed by atoms with Crippen LogP contribution in [-0.2, 0) is 14.4 Å². The summed E-state index contributed by atoms with van der Waals surface area (Å²) in [7, 11) is 0. The van der Waals surface area contributed by atoms with Gasteiger partial charge in [0.2, 0.25) is 17.7 Å². The number of fused-ring (bicyclic) bond motifs is 1. The molecule has 3 fully saturated rings. The molecule has 36 heavy (non-hydrogen) atoms. The van der Waals surface area contributed by atoms with E-state index in [0.29, 0.717) is 19.6 Å². The van der Waals surface area contributed by atoms with E-state index in [0.717, 1.165) is 25.7 Å². The molecule has 7 nitrogen and oxygen atoms in total. The quantitative estimate of drug-likeness (QED) is 0.378. The standard InChI is InChI=1S/C28H45N3O4S/c1-8-14-29(15-9-2)25(33)22-21-12-13-28(36-21)23(22)26(34)31(20(17-32)19(7)11-4)24(28)27(35)30(16-10-3)18(5)6/h8,10,18-24,32H,1,3,9,11-17H2,2,4-7H3/t19-,20-,21-,22+,23-,24?,28?/m0/s1. The van der Waals surface area contributed by atoms with E-state index in [-0.39, 0.29) is 41.5 Å². The summed E-state index contributed by atoms with van der Waals surface area (Å²) in [5.74, 6) is -1.23. The van der Waals surface area contributed by atoms with Gasteiger partial charge in [-0.1, -0.05) is 39.3 Å². The van der Waals surface area contributed by atoms with Crippen LogP contribution >= 0.6 is 11.8 Å². The van der Waals surface area contributed by atoms with Crippen molar-refractivity contribution in [2.45, 2.75) is 88.4 Å². The molecule has 3 saturated heterocycles. The molecule has 0 radical (unpaired) electrons. The Balaban J connectivity index is 2.12. The number of carbonyl (C=O) groups excluding carboxylic acids is 3. The molecule has 2 unspecified atom stereocenters. The van der Waals surface area contributed by atoms with Crippen molar-refractivity contribution in [1.82, 2.24) is 14.7 Å². The average molecular weight is 520 g/mol. The molecule has 3 rings (SSSR count). The van der Waals surface area contributed by atoms with Crippen LogP contribution in [0.3, 0.4) is 0 Å². The van der Waals surface area contributed by atoms with Gasteiger partial charge in [-0.25, -0.2) is 0 Å². The summed E-state index contributed by atoms with van der Waals surface area (Å²) in [4.78, 5) is 47.8. The van der Waals surface area contributed by atoms with E-state index in [1.54, 1.807) is 33.7 Å². The minimum atomic E-state index is -0.699. The van der Waals surface area contributed by atoms with Crippen LogP contribution in [0.4, 0.5) is 0 Å². The number of carbonyl (C=O) groups is 3. The molecule has 2 bridgehead atoms. The third-order valence-corrected chi connectivity index (χ3v) is 10.4. The Morgan fingerprint density at radius 3 is 2.39 bits per heavy atom. The van der Waals surface area contributed by atoms with Gasteiger partial charge >= 0.3 is 0 Å². The van der Waals surface area contributed by atoms with Gasteiger partial charge in [0, 0.05) is 30.9 Å². The topological polar surface area (TPSA) is 81.2 Å². The van der Waals surface area contributed by atoms with Crippen LogP contribution in [0.5, 0.6) is 0 Å². The smallest absolute Gasteiger partial charge is 0.247 e. The van der Waals surface area contributed by atoms with Gasteiger partial charge in [0.15, 0.2) is 0 Å². The molecule has 0 aromatic heterocycles. The zero-order chi connectivity index (χ0) is 26.8. The number of rotatable bonds is 13. The normalized spacial score (nSPS) is 30.3. The molecular weight excluding hydrogens is 474 g/mol. The number of aliphatic hydroxyl groups is 1. The third kappa shape index (κ3) is 4.64. The highest BCUT2D eigenvalue weighted by Gasteiger charge is 2.74. The lowest BCUT2D eigenvalue weighted by atomic mass is 9.70. The van der Waals surface area contributed by atoms with Crippen molar-refractivity contribution in [3.8, 4) is 0 Å². The molecule has 0 aliphatic carbocycles.